The van der Waals surface area contributed by atoms with E-state index in [2.05, 4.69) is 42.5 Å². The fourth-order valence-electron chi connectivity index (χ4n) is 3.82. The predicted molar refractivity (Wildman–Crippen MR) is 80.9 cm³/mol. The van der Waals surface area contributed by atoms with Gasteiger partial charge in [-0.2, -0.15) is 0 Å². The molecule has 1 atom stereocenters. The lowest BCUT2D eigenvalue weighted by Crippen LogP contribution is -2.18. The molecule has 2 aromatic carbocycles. The van der Waals surface area contributed by atoms with E-state index in [-0.39, 0.29) is 5.92 Å². The molecule has 0 aromatic heterocycles. The summed E-state index contributed by atoms with van der Waals surface area (Å²) in [5, 5.41) is 0. The molecule has 2 aliphatic carbocycles. The summed E-state index contributed by atoms with van der Waals surface area (Å²) in [5.41, 5.74) is 6.79. The Hall–Kier alpha value is -1.89. The smallest absolute Gasteiger partial charge is 0.140 e. The van der Waals surface area contributed by atoms with Crippen LogP contribution in [0.15, 0.2) is 42.5 Å². The molecule has 1 nitrogen and oxygen atoms in total. The number of hydrogen-bond donors (Lipinski definition) is 0. The molecule has 1 saturated carbocycles. The highest BCUT2D eigenvalue weighted by molar-refractivity contribution is 5.88. The van der Waals surface area contributed by atoms with Crippen molar-refractivity contribution in [1.29, 1.82) is 0 Å². The lowest BCUT2D eigenvalue weighted by atomic mass is 9.80. The average molecular weight is 262 g/mol. The van der Waals surface area contributed by atoms with E-state index in [1.807, 2.05) is 0 Å². The maximum Gasteiger partial charge on any atom is 0.140 e. The van der Waals surface area contributed by atoms with Gasteiger partial charge in [0.05, 0.1) is 0 Å². The number of carbonyl (C=O) groups is 1. The third kappa shape index (κ3) is 1.73. The van der Waals surface area contributed by atoms with E-state index >= 15 is 0 Å². The summed E-state index contributed by atoms with van der Waals surface area (Å²) in [6.07, 6.45) is 5.05. The van der Waals surface area contributed by atoms with Crippen molar-refractivity contribution in [1.82, 2.24) is 0 Å². The van der Waals surface area contributed by atoms with Crippen LogP contribution in [0.5, 0.6) is 0 Å². The van der Waals surface area contributed by atoms with Crippen molar-refractivity contribution >= 4 is 5.78 Å². The highest BCUT2D eigenvalue weighted by Gasteiger charge is 2.29. The molecule has 0 spiro atoms. The summed E-state index contributed by atoms with van der Waals surface area (Å²) >= 11 is 0. The van der Waals surface area contributed by atoms with Gasteiger partial charge in [0, 0.05) is 12.3 Å². The second-order valence-corrected chi connectivity index (χ2v) is 5.97. The monoisotopic (exact) mass is 262 g/mol. The molecule has 2 aliphatic rings. The van der Waals surface area contributed by atoms with Crippen molar-refractivity contribution in [2.45, 2.75) is 38.0 Å². The van der Waals surface area contributed by atoms with Crippen LogP contribution < -0.4 is 0 Å². The minimum absolute atomic E-state index is 0.146. The zero-order valence-electron chi connectivity index (χ0n) is 11.6. The molecule has 0 radical (unpaired) electrons. The van der Waals surface area contributed by atoms with Gasteiger partial charge < -0.3 is 0 Å². The number of rotatable bonds is 1. The van der Waals surface area contributed by atoms with E-state index in [1.165, 1.54) is 34.2 Å². The minimum Gasteiger partial charge on any atom is -0.299 e. The van der Waals surface area contributed by atoms with Crippen LogP contribution >= 0.6 is 0 Å². The lowest BCUT2D eigenvalue weighted by molar-refractivity contribution is -0.121. The van der Waals surface area contributed by atoms with Crippen LogP contribution in [0.25, 0.3) is 11.1 Å². The lowest BCUT2D eigenvalue weighted by Gasteiger charge is -2.23. The van der Waals surface area contributed by atoms with Gasteiger partial charge in [-0.1, -0.05) is 48.9 Å². The van der Waals surface area contributed by atoms with Gasteiger partial charge in [-0.25, -0.2) is 0 Å². The van der Waals surface area contributed by atoms with Crippen molar-refractivity contribution in [2.75, 3.05) is 0 Å². The number of benzene rings is 2. The van der Waals surface area contributed by atoms with Gasteiger partial charge in [-0.3, -0.25) is 4.79 Å². The van der Waals surface area contributed by atoms with Gasteiger partial charge in [0.25, 0.3) is 0 Å². The number of ketones is 1. The van der Waals surface area contributed by atoms with Gasteiger partial charge in [-0.05, 0) is 47.1 Å². The van der Waals surface area contributed by atoms with E-state index < -0.39 is 0 Å². The van der Waals surface area contributed by atoms with Crippen molar-refractivity contribution in [3.63, 3.8) is 0 Å². The highest BCUT2D eigenvalue weighted by Crippen LogP contribution is 2.42. The third-order valence-electron chi connectivity index (χ3n) is 4.82. The Labute approximate surface area is 119 Å². The molecule has 0 aliphatic heterocycles. The second-order valence-electron chi connectivity index (χ2n) is 5.97. The Bertz CT molecular complexity index is 684. The summed E-state index contributed by atoms with van der Waals surface area (Å²) in [6.45, 7) is 0. The van der Waals surface area contributed by atoms with Crippen molar-refractivity contribution in [3.05, 3.63) is 59.2 Å². The Kier molecular flexibility index (Phi) is 2.73. The second kappa shape index (κ2) is 4.59. The van der Waals surface area contributed by atoms with Crippen molar-refractivity contribution < 1.29 is 4.79 Å². The maximum atomic E-state index is 12.3. The average Bonchev–Trinajstić information content (AvgIpc) is 2.86. The van der Waals surface area contributed by atoms with Crippen LogP contribution in [0, 0.1) is 0 Å². The number of Topliss-reactive ketones (excluding diaryl/α,β-unsaturated/α-hetero) is 1. The topological polar surface area (TPSA) is 17.1 Å². The van der Waals surface area contributed by atoms with Crippen LogP contribution in [-0.4, -0.2) is 5.78 Å². The fraction of sp³-hybridized carbons (Fsp3) is 0.316. The first-order valence-electron chi connectivity index (χ1n) is 7.57. The molecule has 4 rings (SSSR count). The summed E-state index contributed by atoms with van der Waals surface area (Å²) in [4.78, 5) is 12.3. The van der Waals surface area contributed by atoms with Gasteiger partial charge in [0.15, 0.2) is 0 Å². The van der Waals surface area contributed by atoms with Crippen LogP contribution in [-0.2, 0) is 11.2 Å². The molecule has 0 heterocycles. The van der Waals surface area contributed by atoms with Crippen LogP contribution in [0.1, 0.15) is 48.3 Å². The van der Waals surface area contributed by atoms with E-state index in [0.29, 0.717) is 5.78 Å². The fourth-order valence-corrected chi connectivity index (χ4v) is 3.82. The van der Waals surface area contributed by atoms with Crippen LogP contribution in [0.3, 0.4) is 0 Å². The summed E-state index contributed by atoms with van der Waals surface area (Å²) < 4.78 is 0. The molecule has 2 aromatic rings. The Morgan fingerprint density at radius 1 is 0.900 bits per heavy atom. The third-order valence-corrected chi connectivity index (χ3v) is 4.82. The van der Waals surface area contributed by atoms with E-state index in [1.54, 1.807) is 0 Å². The first-order chi connectivity index (χ1) is 9.84. The summed E-state index contributed by atoms with van der Waals surface area (Å²) in [7, 11) is 0. The van der Waals surface area contributed by atoms with Crippen molar-refractivity contribution in [2.24, 2.45) is 0 Å². The zero-order chi connectivity index (χ0) is 13.5. The highest BCUT2D eigenvalue weighted by atomic mass is 16.1. The first kappa shape index (κ1) is 11.9. The molecule has 0 saturated heterocycles. The van der Waals surface area contributed by atoms with Gasteiger partial charge in [0.1, 0.15) is 5.78 Å². The number of hydrogen-bond acceptors (Lipinski definition) is 1. The SMILES string of the molecule is O=C1CCCCC1c1cccc2c1Cc1ccccc1-2. The first-order valence-corrected chi connectivity index (χ1v) is 7.57. The molecule has 1 unspecified atom stereocenters. The largest absolute Gasteiger partial charge is 0.299 e. The molecule has 1 fully saturated rings. The maximum absolute atomic E-state index is 12.3. The van der Waals surface area contributed by atoms with Crippen LogP contribution in [0.2, 0.25) is 0 Å². The quantitative estimate of drug-likeness (QED) is 0.631. The van der Waals surface area contributed by atoms with E-state index in [0.717, 1.165) is 25.7 Å². The normalized spacial score (nSPS) is 20.6. The molecule has 20 heavy (non-hydrogen) atoms. The molecule has 1 heteroatoms. The standard InChI is InChI=1S/C19H18O/c20-19-11-4-3-8-17(19)16-10-5-9-15-14-7-2-1-6-13(14)12-18(15)16/h1-2,5-7,9-10,17H,3-4,8,11-12H2. The molecule has 100 valence electrons. The minimum atomic E-state index is 0.146. The van der Waals surface area contributed by atoms with Crippen molar-refractivity contribution in [3.8, 4) is 11.1 Å². The van der Waals surface area contributed by atoms with Gasteiger partial charge in [0.2, 0.25) is 0 Å². The summed E-state index contributed by atoms with van der Waals surface area (Å²) in [6, 6.07) is 15.1. The Balaban J connectivity index is 1.83. The molecular formula is C19H18O. The van der Waals surface area contributed by atoms with Crippen LogP contribution in [0.4, 0.5) is 0 Å². The zero-order valence-corrected chi connectivity index (χ0v) is 11.6. The predicted octanol–water partition coefficient (Wildman–Crippen LogP) is 4.48. The number of fused-ring (bicyclic) bond motifs is 3. The van der Waals surface area contributed by atoms with E-state index in [4.69, 9.17) is 0 Å². The number of carbonyl (C=O) groups excluding carboxylic acids is 1. The Morgan fingerprint density at radius 2 is 1.75 bits per heavy atom. The van der Waals surface area contributed by atoms with Gasteiger partial charge in [-0.15, -0.1) is 0 Å². The molecular weight excluding hydrogens is 244 g/mol. The molecule has 0 N–H and O–H groups in total. The van der Waals surface area contributed by atoms with Gasteiger partial charge >= 0.3 is 0 Å². The van der Waals surface area contributed by atoms with E-state index in [9.17, 15) is 4.79 Å². The molecule has 0 amide bonds. The summed E-state index contributed by atoms with van der Waals surface area (Å²) in [5.74, 6) is 0.591. The Morgan fingerprint density at radius 3 is 2.65 bits per heavy atom. The molecule has 0 bridgehead atoms.